The molecule has 0 radical (unpaired) electrons. The van der Waals surface area contributed by atoms with Crippen LogP contribution in [0.2, 0.25) is 0 Å². The molecule has 3 rings (SSSR count). The van der Waals surface area contributed by atoms with Gasteiger partial charge in [-0.3, -0.25) is 0 Å². The lowest BCUT2D eigenvalue weighted by molar-refractivity contribution is 0.114. The van der Waals surface area contributed by atoms with Crippen molar-refractivity contribution in [3.63, 3.8) is 0 Å². The maximum absolute atomic E-state index is 5.57. The van der Waals surface area contributed by atoms with E-state index in [0.29, 0.717) is 12.2 Å². The van der Waals surface area contributed by atoms with Gasteiger partial charge in [-0.25, -0.2) is 0 Å². The minimum absolute atomic E-state index is 0.372. The van der Waals surface area contributed by atoms with Gasteiger partial charge < -0.3 is 18.9 Å². The van der Waals surface area contributed by atoms with E-state index in [9.17, 15) is 0 Å². The Morgan fingerprint density at radius 2 is 1.36 bits per heavy atom. The van der Waals surface area contributed by atoms with Crippen LogP contribution in [0.5, 0.6) is 0 Å². The predicted octanol–water partition coefficient (Wildman–Crippen LogP) is 2.38. The van der Waals surface area contributed by atoms with E-state index in [0.717, 1.165) is 65.3 Å². The first-order chi connectivity index (χ1) is 10.9. The number of rotatable bonds is 12. The van der Waals surface area contributed by atoms with Crippen LogP contribution in [0.15, 0.2) is 24.3 Å². The van der Waals surface area contributed by atoms with Gasteiger partial charge in [0, 0.05) is 13.2 Å². The van der Waals surface area contributed by atoms with E-state index in [2.05, 4.69) is 24.3 Å². The van der Waals surface area contributed by atoms with E-state index < -0.39 is 0 Å². The second-order valence-corrected chi connectivity index (χ2v) is 6.09. The Kier molecular flexibility index (Phi) is 6.25. The zero-order valence-electron chi connectivity index (χ0n) is 13.2. The Hall–Kier alpha value is -0.940. The number of benzene rings is 1. The molecule has 122 valence electrons. The number of epoxide rings is 2. The summed E-state index contributed by atoms with van der Waals surface area (Å²) in [5, 5.41) is 0. The summed E-state index contributed by atoms with van der Waals surface area (Å²) in [4.78, 5) is 0. The molecule has 2 saturated heterocycles. The maximum Gasteiger partial charge on any atom is 0.104 e. The molecule has 1 aromatic carbocycles. The molecule has 0 N–H and O–H groups in total. The molecule has 4 heteroatoms. The summed E-state index contributed by atoms with van der Waals surface area (Å²) in [7, 11) is 0. The minimum atomic E-state index is 0.372. The molecule has 0 aliphatic carbocycles. The molecule has 0 spiro atoms. The van der Waals surface area contributed by atoms with Crippen LogP contribution in [-0.2, 0) is 31.8 Å². The van der Waals surface area contributed by atoms with Crippen LogP contribution in [0.1, 0.15) is 24.0 Å². The van der Waals surface area contributed by atoms with Crippen molar-refractivity contribution in [2.24, 2.45) is 0 Å². The van der Waals surface area contributed by atoms with E-state index in [1.807, 2.05) is 0 Å². The standard InChI is InChI=1S/C18H26O4/c1-4-15(6-2-8-19-11-17-13-21-17)10-16(5-1)7-3-9-20-12-18-14-22-18/h1,4-5,10,17-18H,2-3,6-9,11-14H2. The molecule has 0 aromatic heterocycles. The second-order valence-electron chi connectivity index (χ2n) is 6.09. The predicted molar refractivity (Wildman–Crippen MR) is 84.2 cm³/mol. The SMILES string of the molecule is c1cc(CCCOCC2CO2)cc(CCCOCC2CO2)c1. The summed E-state index contributed by atoms with van der Waals surface area (Å²) in [6.07, 6.45) is 5.04. The Balaban J connectivity index is 1.26. The summed E-state index contributed by atoms with van der Waals surface area (Å²) in [6.45, 7) is 4.90. The van der Waals surface area contributed by atoms with Crippen molar-refractivity contribution in [2.75, 3.05) is 39.6 Å². The van der Waals surface area contributed by atoms with E-state index in [1.165, 1.54) is 11.1 Å². The Bertz CT molecular complexity index is 403. The molecular weight excluding hydrogens is 280 g/mol. The Labute approximate surface area is 132 Å². The molecule has 0 amide bonds. The van der Waals surface area contributed by atoms with Gasteiger partial charge in [-0.05, 0) is 36.8 Å². The maximum atomic E-state index is 5.57. The van der Waals surface area contributed by atoms with Gasteiger partial charge in [0.15, 0.2) is 0 Å². The fraction of sp³-hybridized carbons (Fsp3) is 0.667. The van der Waals surface area contributed by atoms with Crippen LogP contribution in [0.3, 0.4) is 0 Å². The summed E-state index contributed by atoms with van der Waals surface area (Å²) in [6, 6.07) is 8.87. The molecule has 2 aliphatic heterocycles. The summed E-state index contributed by atoms with van der Waals surface area (Å²) >= 11 is 0. The molecule has 0 bridgehead atoms. The molecule has 2 fully saturated rings. The van der Waals surface area contributed by atoms with Crippen LogP contribution in [0.25, 0.3) is 0 Å². The smallest absolute Gasteiger partial charge is 0.104 e. The summed E-state index contributed by atoms with van der Waals surface area (Å²) in [5.74, 6) is 0. The largest absolute Gasteiger partial charge is 0.379 e. The zero-order chi connectivity index (χ0) is 15.0. The van der Waals surface area contributed by atoms with Crippen molar-refractivity contribution in [2.45, 2.75) is 37.9 Å². The van der Waals surface area contributed by atoms with E-state index in [1.54, 1.807) is 0 Å². The molecule has 0 saturated carbocycles. The van der Waals surface area contributed by atoms with Gasteiger partial charge in [0.2, 0.25) is 0 Å². The molecule has 2 aliphatic rings. The third-order valence-corrected chi connectivity index (χ3v) is 3.91. The fourth-order valence-corrected chi connectivity index (χ4v) is 2.46. The third-order valence-electron chi connectivity index (χ3n) is 3.91. The highest BCUT2D eigenvalue weighted by Gasteiger charge is 2.22. The molecule has 2 heterocycles. The van der Waals surface area contributed by atoms with Gasteiger partial charge in [-0.15, -0.1) is 0 Å². The minimum Gasteiger partial charge on any atom is -0.379 e. The molecule has 4 nitrogen and oxygen atoms in total. The molecule has 22 heavy (non-hydrogen) atoms. The number of ether oxygens (including phenoxy) is 4. The summed E-state index contributed by atoms with van der Waals surface area (Å²) < 4.78 is 21.4. The molecule has 2 unspecified atom stereocenters. The first-order valence-corrected chi connectivity index (χ1v) is 8.36. The average Bonchev–Trinajstić information content (AvgIpc) is 3.42. The molecule has 2 atom stereocenters. The fourth-order valence-electron chi connectivity index (χ4n) is 2.46. The highest BCUT2D eigenvalue weighted by molar-refractivity contribution is 5.23. The van der Waals surface area contributed by atoms with E-state index in [-0.39, 0.29) is 0 Å². The van der Waals surface area contributed by atoms with Crippen LogP contribution >= 0.6 is 0 Å². The topological polar surface area (TPSA) is 43.5 Å². The highest BCUT2D eigenvalue weighted by atomic mass is 16.6. The van der Waals surface area contributed by atoms with Crippen molar-refractivity contribution < 1.29 is 18.9 Å². The van der Waals surface area contributed by atoms with Crippen molar-refractivity contribution in [3.8, 4) is 0 Å². The lowest BCUT2D eigenvalue weighted by Crippen LogP contribution is -2.04. The van der Waals surface area contributed by atoms with E-state index in [4.69, 9.17) is 18.9 Å². The van der Waals surface area contributed by atoms with Crippen molar-refractivity contribution in [1.82, 2.24) is 0 Å². The van der Waals surface area contributed by atoms with Gasteiger partial charge in [0.25, 0.3) is 0 Å². The van der Waals surface area contributed by atoms with Crippen LogP contribution in [0.4, 0.5) is 0 Å². The number of hydrogen-bond donors (Lipinski definition) is 0. The number of hydrogen-bond acceptors (Lipinski definition) is 4. The molecule has 1 aromatic rings. The van der Waals surface area contributed by atoms with Gasteiger partial charge in [0.1, 0.15) is 12.2 Å². The third kappa shape index (κ3) is 6.44. The lowest BCUT2D eigenvalue weighted by Gasteiger charge is -2.06. The van der Waals surface area contributed by atoms with Gasteiger partial charge >= 0.3 is 0 Å². The lowest BCUT2D eigenvalue weighted by atomic mass is 10.0. The van der Waals surface area contributed by atoms with Crippen molar-refractivity contribution in [3.05, 3.63) is 35.4 Å². The van der Waals surface area contributed by atoms with Gasteiger partial charge in [0.05, 0.1) is 26.4 Å². The normalized spacial score (nSPS) is 22.7. The zero-order valence-corrected chi connectivity index (χ0v) is 13.2. The Morgan fingerprint density at radius 3 is 1.82 bits per heavy atom. The van der Waals surface area contributed by atoms with Gasteiger partial charge in [-0.2, -0.15) is 0 Å². The van der Waals surface area contributed by atoms with Crippen molar-refractivity contribution >= 4 is 0 Å². The molecular formula is C18H26O4. The summed E-state index contributed by atoms with van der Waals surface area (Å²) in [5.41, 5.74) is 2.80. The first kappa shape index (κ1) is 15.9. The Morgan fingerprint density at radius 1 is 0.864 bits per heavy atom. The monoisotopic (exact) mass is 306 g/mol. The van der Waals surface area contributed by atoms with Crippen LogP contribution < -0.4 is 0 Å². The first-order valence-electron chi connectivity index (χ1n) is 8.36. The van der Waals surface area contributed by atoms with E-state index >= 15 is 0 Å². The van der Waals surface area contributed by atoms with Crippen molar-refractivity contribution in [1.29, 1.82) is 0 Å². The second kappa shape index (κ2) is 8.63. The average molecular weight is 306 g/mol. The quantitative estimate of drug-likeness (QED) is 0.439. The number of aryl methyl sites for hydroxylation is 2. The highest BCUT2D eigenvalue weighted by Crippen LogP contribution is 2.12. The van der Waals surface area contributed by atoms with Gasteiger partial charge in [-0.1, -0.05) is 24.3 Å². The van der Waals surface area contributed by atoms with Crippen LogP contribution in [0, 0.1) is 0 Å². The van der Waals surface area contributed by atoms with Crippen LogP contribution in [-0.4, -0.2) is 51.8 Å².